The Bertz CT molecular complexity index is 233. The number of Topliss-reactive ketones (excluding diaryl/α,β-unsaturated/α-hetero) is 1. The Balaban J connectivity index is 2.63. The van der Waals surface area contributed by atoms with Gasteiger partial charge in [-0.15, -0.1) is 0 Å². The van der Waals surface area contributed by atoms with E-state index in [2.05, 4.69) is 39.2 Å². The van der Waals surface area contributed by atoms with Crippen molar-refractivity contribution in [3.63, 3.8) is 0 Å². The van der Waals surface area contributed by atoms with Gasteiger partial charge < -0.3 is 9.74 Å². The van der Waals surface area contributed by atoms with E-state index in [0.29, 0.717) is 13.1 Å². The van der Waals surface area contributed by atoms with Gasteiger partial charge in [0.05, 0.1) is 6.54 Å². The van der Waals surface area contributed by atoms with Crippen LogP contribution in [0.4, 0.5) is 0 Å². The van der Waals surface area contributed by atoms with E-state index < -0.39 is 8.32 Å². The van der Waals surface area contributed by atoms with Crippen molar-refractivity contribution >= 4 is 14.1 Å². The highest BCUT2D eigenvalue weighted by Crippen LogP contribution is 2.37. The van der Waals surface area contributed by atoms with Gasteiger partial charge in [0.25, 0.3) is 0 Å². The van der Waals surface area contributed by atoms with Gasteiger partial charge in [-0.3, -0.25) is 4.79 Å². The lowest BCUT2D eigenvalue weighted by Gasteiger charge is -2.37. The topological polar surface area (TPSA) is 38.3 Å². The van der Waals surface area contributed by atoms with Crippen molar-refractivity contribution in [2.45, 2.75) is 45.0 Å². The molecule has 1 atom stereocenters. The zero-order valence-electron chi connectivity index (χ0n) is 9.81. The third-order valence-corrected chi connectivity index (χ3v) is 7.72. The smallest absolute Gasteiger partial charge is 0.193 e. The molecular formula is C10H21NO2Si. The third-order valence-electron chi connectivity index (χ3n) is 3.23. The highest BCUT2D eigenvalue weighted by molar-refractivity contribution is 6.74. The summed E-state index contributed by atoms with van der Waals surface area (Å²) in [6, 6.07) is 0. The van der Waals surface area contributed by atoms with Crippen LogP contribution in [0.3, 0.4) is 0 Å². The van der Waals surface area contributed by atoms with Gasteiger partial charge in [-0.1, -0.05) is 20.8 Å². The number of nitrogens with one attached hydrogen (secondary N) is 1. The summed E-state index contributed by atoms with van der Waals surface area (Å²) in [5.74, 6) is 0.204. The second-order valence-corrected chi connectivity index (χ2v) is 10.2. The Morgan fingerprint density at radius 2 is 2.00 bits per heavy atom. The first-order chi connectivity index (χ1) is 6.24. The summed E-state index contributed by atoms with van der Waals surface area (Å²) >= 11 is 0. The van der Waals surface area contributed by atoms with Crippen LogP contribution < -0.4 is 5.32 Å². The summed E-state index contributed by atoms with van der Waals surface area (Å²) in [6.45, 7) is 12.1. The maximum atomic E-state index is 11.4. The quantitative estimate of drug-likeness (QED) is 0.710. The summed E-state index contributed by atoms with van der Waals surface area (Å²) in [6.07, 6.45) is -0.198. The molecule has 0 amide bonds. The van der Waals surface area contributed by atoms with Crippen LogP contribution in [0.25, 0.3) is 0 Å². The van der Waals surface area contributed by atoms with Crippen molar-refractivity contribution in [2.75, 3.05) is 13.1 Å². The van der Waals surface area contributed by atoms with Gasteiger partial charge in [0.2, 0.25) is 0 Å². The van der Waals surface area contributed by atoms with Gasteiger partial charge in [-0.05, 0) is 18.1 Å². The van der Waals surface area contributed by atoms with Crippen molar-refractivity contribution in [3.05, 3.63) is 0 Å². The molecule has 1 heterocycles. The van der Waals surface area contributed by atoms with E-state index in [0.717, 1.165) is 0 Å². The highest BCUT2D eigenvalue weighted by Gasteiger charge is 2.41. The molecule has 0 aromatic heterocycles. The van der Waals surface area contributed by atoms with Crippen LogP contribution in [0.15, 0.2) is 0 Å². The van der Waals surface area contributed by atoms with E-state index in [9.17, 15) is 4.79 Å². The monoisotopic (exact) mass is 215 g/mol. The zero-order valence-corrected chi connectivity index (χ0v) is 10.8. The minimum absolute atomic E-state index is 0.176. The Morgan fingerprint density at radius 1 is 1.43 bits per heavy atom. The molecule has 82 valence electrons. The van der Waals surface area contributed by atoms with E-state index in [1.165, 1.54) is 0 Å². The molecule has 0 radical (unpaired) electrons. The van der Waals surface area contributed by atoms with E-state index in [1.54, 1.807) is 0 Å². The summed E-state index contributed by atoms with van der Waals surface area (Å²) in [5, 5.41) is 3.22. The fourth-order valence-corrected chi connectivity index (χ4v) is 2.47. The Hall–Kier alpha value is -0.193. The lowest BCUT2D eigenvalue weighted by Crippen LogP contribution is -2.46. The molecule has 14 heavy (non-hydrogen) atoms. The molecule has 0 aliphatic carbocycles. The minimum Gasteiger partial charge on any atom is -0.406 e. The normalized spacial score (nSPS) is 24.4. The van der Waals surface area contributed by atoms with Crippen LogP contribution >= 0.6 is 0 Å². The van der Waals surface area contributed by atoms with Crippen LogP contribution in [0, 0.1) is 0 Å². The first-order valence-electron chi connectivity index (χ1n) is 5.15. The number of carbonyl (C=O) groups excluding carboxylic acids is 1. The van der Waals surface area contributed by atoms with E-state index >= 15 is 0 Å². The van der Waals surface area contributed by atoms with Crippen LogP contribution in [0.2, 0.25) is 18.1 Å². The molecule has 0 aromatic carbocycles. The molecule has 1 aliphatic rings. The molecule has 0 aromatic rings. The Kier molecular flexibility index (Phi) is 3.19. The molecule has 0 spiro atoms. The molecule has 1 aliphatic heterocycles. The molecule has 1 rings (SSSR count). The first kappa shape index (κ1) is 11.9. The molecule has 3 nitrogen and oxygen atoms in total. The third kappa shape index (κ3) is 2.43. The van der Waals surface area contributed by atoms with Gasteiger partial charge in [0.1, 0.15) is 6.10 Å². The van der Waals surface area contributed by atoms with Crippen molar-refractivity contribution in [2.24, 2.45) is 0 Å². The van der Waals surface area contributed by atoms with Gasteiger partial charge in [-0.2, -0.15) is 0 Å². The lowest BCUT2D eigenvalue weighted by molar-refractivity contribution is -0.122. The van der Waals surface area contributed by atoms with Crippen molar-refractivity contribution in [1.82, 2.24) is 5.32 Å². The summed E-state index contributed by atoms with van der Waals surface area (Å²) in [4.78, 5) is 11.4. The number of ketones is 1. The predicted molar refractivity (Wildman–Crippen MR) is 59.9 cm³/mol. The van der Waals surface area contributed by atoms with Crippen molar-refractivity contribution < 1.29 is 9.22 Å². The van der Waals surface area contributed by atoms with E-state index in [-0.39, 0.29) is 16.9 Å². The van der Waals surface area contributed by atoms with Crippen molar-refractivity contribution in [3.8, 4) is 0 Å². The van der Waals surface area contributed by atoms with Crippen LogP contribution in [0.5, 0.6) is 0 Å². The SMILES string of the molecule is CC(C)(C)[Si](C)(C)O[C@H]1CNCC1=O. The average Bonchev–Trinajstić information content (AvgIpc) is 2.33. The minimum atomic E-state index is -1.77. The van der Waals surface area contributed by atoms with Crippen molar-refractivity contribution in [1.29, 1.82) is 0 Å². The van der Waals surface area contributed by atoms with Crippen LogP contribution in [-0.4, -0.2) is 33.3 Å². The summed E-state index contributed by atoms with van der Waals surface area (Å²) < 4.78 is 6.00. The molecule has 1 saturated heterocycles. The number of hydrogen-bond acceptors (Lipinski definition) is 3. The Labute approximate surface area is 87.3 Å². The van der Waals surface area contributed by atoms with E-state index in [4.69, 9.17) is 4.43 Å². The van der Waals surface area contributed by atoms with Gasteiger partial charge in [-0.25, -0.2) is 0 Å². The number of hydrogen-bond donors (Lipinski definition) is 1. The van der Waals surface area contributed by atoms with Gasteiger partial charge >= 0.3 is 0 Å². The van der Waals surface area contributed by atoms with Crippen LogP contribution in [0.1, 0.15) is 20.8 Å². The summed E-state index contributed by atoms with van der Waals surface area (Å²) in [7, 11) is -1.77. The molecule has 4 heteroatoms. The van der Waals surface area contributed by atoms with Crippen LogP contribution in [-0.2, 0) is 9.22 Å². The highest BCUT2D eigenvalue weighted by atomic mass is 28.4. The second kappa shape index (κ2) is 3.75. The predicted octanol–water partition coefficient (Wildman–Crippen LogP) is 1.55. The molecule has 0 bridgehead atoms. The summed E-state index contributed by atoms with van der Waals surface area (Å²) in [5.41, 5.74) is 0. The fourth-order valence-electron chi connectivity index (χ4n) is 1.19. The largest absolute Gasteiger partial charge is 0.406 e. The maximum absolute atomic E-state index is 11.4. The standard InChI is InChI=1S/C10H21NO2Si/c1-10(2,3)14(4,5)13-9-7-11-6-8(9)12/h9,11H,6-7H2,1-5H3/t9-/m0/s1. The molecule has 1 fully saturated rings. The van der Waals surface area contributed by atoms with Gasteiger partial charge in [0, 0.05) is 6.54 Å². The molecular weight excluding hydrogens is 194 g/mol. The fraction of sp³-hybridized carbons (Fsp3) is 0.900. The molecule has 0 saturated carbocycles. The Morgan fingerprint density at radius 3 is 2.36 bits per heavy atom. The second-order valence-electron chi connectivity index (χ2n) is 5.46. The van der Waals surface area contributed by atoms with E-state index in [1.807, 2.05) is 0 Å². The molecule has 1 N–H and O–H groups in total. The number of carbonyl (C=O) groups is 1. The maximum Gasteiger partial charge on any atom is 0.193 e. The zero-order chi connectivity index (χ0) is 11.0. The lowest BCUT2D eigenvalue weighted by atomic mass is 10.2. The molecule has 0 unspecified atom stereocenters. The van der Waals surface area contributed by atoms with Gasteiger partial charge in [0.15, 0.2) is 14.1 Å². The first-order valence-corrected chi connectivity index (χ1v) is 8.06. The number of rotatable bonds is 2. The average molecular weight is 215 g/mol.